The number of urea groups is 1. The zero-order valence-electron chi connectivity index (χ0n) is 20.2. The number of nitrogens with one attached hydrogen (secondary N) is 1. The van der Waals surface area contributed by atoms with Crippen LogP contribution in [0.5, 0.6) is 0 Å². The van der Waals surface area contributed by atoms with Gasteiger partial charge in [0.2, 0.25) is 5.91 Å². The van der Waals surface area contributed by atoms with Crippen LogP contribution in [0.1, 0.15) is 65.2 Å². The summed E-state index contributed by atoms with van der Waals surface area (Å²) in [5.41, 5.74) is 3.43. The van der Waals surface area contributed by atoms with Crippen molar-refractivity contribution >= 4 is 11.9 Å². The van der Waals surface area contributed by atoms with E-state index in [0.29, 0.717) is 31.0 Å². The quantitative estimate of drug-likeness (QED) is 0.685. The highest BCUT2D eigenvalue weighted by atomic mass is 16.3. The Morgan fingerprint density at radius 3 is 2.47 bits per heavy atom. The molecular weight excluding hydrogens is 406 g/mol. The molecule has 8 heteroatoms. The summed E-state index contributed by atoms with van der Waals surface area (Å²) in [6.07, 6.45) is 8.94. The van der Waals surface area contributed by atoms with Crippen molar-refractivity contribution in [1.82, 2.24) is 25.1 Å². The third-order valence-corrected chi connectivity index (χ3v) is 8.62. The lowest BCUT2D eigenvalue weighted by molar-refractivity contribution is -0.142. The number of aliphatic hydroxyl groups is 1. The average Bonchev–Trinajstić information content (AvgIpc) is 3.26. The lowest BCUT2D eigenvalue weighted by atomic mass is 9.73. The van der Waals surface area contributed by atoms with Gasteiger partial charge in [0.15, 0.2) is 0 Å². The van der Waals surface area contributed by atoms with Gasteiger partial charge in [0.25, 0.3) is 0 Å². The van der Waals surface area contributed by atoms with Crippen LogP contribution >= 0.6 is 0 Å². The number of piperazine rings is 1. The number of hydrogen-bond donors (Lipinski definition) is 2. The molecule has 2 aliphatic carbocycles. The largest absolute Gasteiger partial charge is 0.395 e. The van der Waals surface area contributed by atoms with Gasteiger partial charge in [0.05, 0.1) is 18.7 Å². The van der Waals surface area contributed by atoms with Crippen LogP contribution in [0.15, 0.2) is 0 Å². The lowest BCUT2D eigenvalue weighted by Gasteiger charge is -2.55. The van der Waals surface area contributed by atoms with Crippen molar-refractivity contribution in [3.63, 3.8) is 0 Å². The molecule has 5 atom stereocenters. The molecule has 0 spiro atoms. The number of fused-ring (bicyclic) bond motifs is 1. The first-order valence-corrected chi connectivity index (χ1v) is 12.8. The van der Waals surface area contributed by atoms with Crippen molar-refractivity contribution in [2.45, 2.75) is 89.4 Å². The molecule has 8 nitrogen and oxygen atoms in total. The highest BCUT2D eigenvalue weighted by Gasteiger charge is 2.48. The first kappa shape index (κ1) is 23.8. The van der Waals surface area contributed by atoms with E-state index in [1.807, 2.05) is 11.9 Å². The Bertz CT molecular complexity index is 670. The summed E-state index contributed by atoms with van der Waals surface area (Å²) in [6.45, 7) is 7.11. The second-order valence-electron chi connectivity index (χ2n) is 10.6. The van der Waals surface area contributed by atoms with Gasteiger partial charge in [-0.25, -0.2) is 9.80 Å². The van der Waals surface area contributed by atoms with Crippen LogP contribution in [0.4, 0.5) is 4.79 Å². The monoisotopic (exact) mass is 449 g/mol. The zero-order chi connectivity index (χ0) is 22.8. The minimum atomic E-state index is 0.0576. The predicted octanol–water partition coefficient (Wildman–Crippen LogP) is 1.89. The Kier molecular flexibility index (Phi) is 7.62. The Balaban J connectivity index is 1.50. The Labute approximate surface area is 193 Å². The summed E-state index contributed by atoms with van der Waals surface area (Å²) in [5.74, 6) is 1.20. The zero-order valence-corrected chi connectivity index (χ0v) is 20.2. The number of carbonyl (C=O) groups excluding carboxylic acids is 2. The number of β-amino-alcohol motifs (C(OH)–C–C–N with tert-alkyl or cyclic N) is 1. The van der Waals surface area contributed by atoms with E-state index in [9.17, 15) is 14.7 Å². The fourth-order valence-electron chi connectivity index (χ4n) is 6.94. The van der Waals surface area contributed by atoms with E-state index in [2.05, 4.69) is 27.2 Å². The second kappa shape index (κ2) is 10.3. The number of hydrazine groups is 1. The molecule has 0 radical (unpaired) electrons. The molecule has 4 rings (SSSR count). The number of carbonyl (C=O) groups is 2. The van der Waals surface area contributed by atoms with E-state index in [1.165, 1.54) is 19.3 Å². The van der Waals surface area contributed by atoms with Gasteiger partial charge in [-0.1, -0.05) is 19.3 Å². The summed E-state index contributed by atoms with van der Waals surface area (Å²) < 4.78 is 0. The van der Waals surface area contributed by atoms with E-state index < -0.39 is 0 Å². The Hall–Kier alpha value is -1.38. The number of hydrogen-bond acceptors (Lipinski definition) is 5. The number of aliphatic hydroxyl groups excluding tert-OH is 1. The maximum atomic E-state index is 13.7. The van der Waals surface area contributed by atoms with E-state index in [4.69, 9.17) is 0 Å². The third kappa shape index (κ3) is 4.77. The number of amides is 3. The molecule has 2 saturated heterocycles. The highest BCUT2D eigenvalue weighted by Crippen LogP contribution is 2.40. The van der Waals surface area contributed by atoms with Gasteiger partial charge in [0, 0.05) is 52.2 Å². The van der Waals surface area contributed by atoms with Crippen molar-refractivity contribution < 1.29 is 14.7 Å². The van der Waals surface area contributed by atoms with Crippen LogP contribution in [0.2, 0.25) is 0 Å². The normalized spacial score (nSPS) is 34.4. The predicted molar refractivity (Wildman–Crippen MR) is 124 cm³/mol. The van der Waals surface area contributed by atoms with Crippen LogP contribution in [0.3, 0.4) is 0 Å². The third-order valence-electron chi connectivity index (χ3n) is 8.62. The van der Waals surface area contributed by atoms with Crippen LogP contribution in [-0.4, -0.2) is 101 Å². The first-order chi connectivity index (χ1) is 15.4. The highest BCUT2D eigenvalue weighted by molar-refractivity contribution is 5.77. The first-order valence-electron chi connectivity index (χ1n) is 12.8. The van der Waals surface area contributed by atoms with Crippen LogP contribution in [-0.2, 0) is 4.79 Å². The minimum Gasteiger partial charge on any atom is -0.395 e. The standard InChI is InChI=1S/C24H43N5O3/c1-17-15-28(24(32)26(3)21-7-5-4-6-8-21)23-13-19(9-10-22(23)29(17)18(2)31)20-14-25-27(16-20)11-12-30/h17,19-23,25,30H,4-16H2,1-3H3/t17-,19?,20?,22?,23?/m0/s1. The fraction of sp³-hybridized carbons (Fsp3) is 0.917. The molecule has 2 N–H and O–H groups in total. The van der Waals surface area contributed by atoms with Crippen LogP contribution in [0, 0.1) is 11.8 Å². The van der Waals surface area contributed by atoms with Gasteiger partial charge in [-0.2, -0.15) is 0 Å². The summed E-state index contributed by atoms with van der Waals surface area (Å²) in [5, 5.41) is 11.4. The van der Waals surface area contributed by atoms with Gasteiger partial charge in [-0.05, 0) is 50.9 Å². The molecule has 4 fully saturated rings. The maximum Gasteiger partial charge on any atom is 0.320 e. The molecule has 32 heavy (non-hydrogen) atoms. The molecule has 2 heterocycles. The molecule has 4 aliphatic rings. The minimum absolute atomic E-state index is 0.0576. The molecule has 0 aromatic rings. The van der Waals surface area contributed by atoms with E-state index in [1.54, 1.807) is 6.92 Å². The molecular formula is C24H43N5O3. The summed E-state index contributed by atoms with van der Waals surface area (Å²) in [4.78, 5) is 32.5. The van der Waals surface area contributed by atoms with Gasteiger partial charge < -0.3 is 19.8 Å². The topological polar surface area (TPSA) is 79.4 Å². The average molecular weight is 450 g/mol. The van der Waals surface area contributed by atoms with Gasteiger partial charge in [-0.15, -0.1) is 0 Å². The SMILES string of the molecule is CC(=O)N1C2CCC(C3CNN(CCO)C3)CC2N(C(=O)N(C)C2CCCCC2)C[C@@H]1C. The van der Waals surface area contributed by atoms with Crippen LogP contribution < -0.4 is 5.43 Å². The summed E-state index contributed by atoms with van der Waals surface area (Å²) in [6, 6.07) is 0.788. The maximum absolute atomic E-state index is 13.7. The molecule has 0 aromatic carbocycles. The van der Waals surface area contributed by atoms with E-state index in [0.717, 1.165) is 45.2 Å². The molecule has 0 aromatic heterocycles. The molecule has 2 aliphatic heterocycles. The molecule has 4 unspecified atom stereocenters. The fourth-order valence-corrected chi connectivity index (χ4v) is 6.94. The molecule has 2 saturated carbocycles. The number of rotatable bonds is 4. The molecule has 3 amide bonds. The van der Waals surface area contributed by atoms with Crippen molar-refractivity contribution in [2.75, 3.05) is 39.8 Å². The molecule has 0 bridgehead atoms. The van der Waals surface area contributed by atoms with Crippen molar-refractivity contribution in [1.29, 1.82) is 0 Å². The summed E-state index contributed by atoms with van der Waals surface area (Å²) >= 11 is 0. The van der Waals surface area contributed by atoms with E-state index in [-0.39, 0.29) is 36.7 Å². The van der Waals surface area contributed by atoms with E-state index >= 15 is 0 Å². The van der Waals surface area contributed by atoms with Gasteiger partial charge in [0.1, 0.15) is 0 Å². The van der Waals surface area contributed by atoms with Gasteiger partial charge in [-0.3, -0.25) is 10.2 Å². The lowest BCUT2D eigenvalue weighted by Crippen LogP contribution is -2.68. The van der Waals surface area contributed by atoms with Gasteiger partial charge >= 0.3 is 6.03 Å². The number of nitrogens with zero attached hydrogens (tertiary/aromatic N) is 4. The Morgan fingerprint density at radius 1 is 1.03 bits per heavy atom. The summed E-state index contributed by atoms with van der Waals surface area (Å²) in [7, 11) is 1.99. The second-order valence-corrected chi connectivity index (χ2v) is 10.6. The van der Waals surface area contributed by atoms with Crippen molar-refractivity contribution in [3.8, 4) is 0 Å². The molecule has 182 valence electrons. The van der Waals surface area contributed by atoms with Crippen LogP contribution in [0.25, 0.3) is 0 Å². The van der Waals surface area contributed by atoms with Crippen molar-refractivity contribution in [2.24, 2.45) is 11.8 Å². The smallest absolute Gasteiger partial charge is 0.320 e. The van der Waals surface area contributed by atoms with Crippen molar-refractivity contribution in [3.05, 3.63) is 0 Å². The Morgan fingerprint density at radius 2 is 1.78 bits per heavy atom.